The van der Waals surface area contributed by atoms with Gasteiger partial charge >= 0.3 is 5.97 Å². The monoisotopic (exact) mass is 352 g/mol. The van der Waals surface area contributed by atoms with E-state index in [9.17, 15) is 14.4 Å². The second-order valence-electron chi connectivity index (χ2n) is 6.03. The summed E-state index contributed by atoms with van der Waals surface area (Å²) in [6, 6.07) is 15.8. The summed E-state index contributed by atoms with van der Waals surface area (Å²) in [5, 5.41) is 2.80. The highest BCUT2D eigenvalue weighted by molar-refractivity contribution is 6.03. The third-order valence-corrected chi connectivity index (χ3v) is 4.23. The van der Waals surface area contributed by atoms with Gasteiger partial charge < -0.3 is 15.0 Å². The summed E-state index contributed by atoms with van der Waals surface area (Å²) in [5.41, 5.74) is 1.80. The summed E-state index contributed by atoms with van der Waals surface area (Å²) >= 11 is 0. The first-order chi connectivity index (χ1) is 12.6. The zero-order valence-electron chi connectivity index (χ0n) is 14.5. The predicted molar refractivity (Wildman–Crippen MR) is 97.9 cm³/mol. The van der Waals surface area contributed by atoms with Gasteiger partial charge in [0.1, 0.15) is 0 Å². The molecule has 0 bridgehead atoms. The average Bonchev–Trinajstić information content (AvgIpc) is 3.05. The average molecular weight is 352 g/mol. The summed E-state index contributed by atoms with van der Waals surface area (Å²) in [5.74, 6) is -1.08. The van der Waals surface area contributed by atoms with Gasteiger partial charge in [0.2, 0.25) is 11.8 Å². The fourth-order valence-corrected chi connectivity index (χ4v) is 2.89. The summed E-state index contributed by atoms with van der Waals surface area (Å²) in [6.07, 6.45) is 0.182. The molecule has 1 saturated heterocycles. The Kier molecular flexibility index (Phi) is 5.31. The molecule has 26 heavy (non-hydrogen) atoms. The molecule has 1 aliphatic heterocycles. The van der Waals surface area contributed by atoms with Gasteiger partial charge in [0.05, 0.1) is 18.1 Å². The van der Waals surface area contributed by atoms with Crippen LogP contribution < -0.4 is 10.2 Å². The number of carbonyl (C=O) groups is 3. The van der Waals surface area contributed by atoms with Crippen LogP contribution in [0.5, 0.6) is 0 Å². The molecule has 0 radical (unpaired) electrons. The van der Waals surface area contributed by atoms with Crippen LogP contribution in [0.3, 0.4) is 0 Å². The van der Waals surface area contributed by atoms with E-state index in [0.29, 0.717) is 24.4 Å². The quantitative estimate of drug-likeness (QED) is 0.840. The maximum absolute atomic E-state index is 12.5. The highest BCUT2D eigenvalue weighted by Crippen LogP contribution is 2.25. The molecule has 0 aromatic heterocycles. The minimum atomic E-state index is -0.410. The van der Waals surface area contributed by atoms with Crippen LogP contribution in [-0.2, 0) is 14.3 Å². The summed E-state index contributed by atoms with van der Waals surface area (Å²) in [6.45, 7) is 2.41. The smallest absolute Gasteiger partial charge is 0.338 e. The van der Waals surface area contributed by atoms with E-state index in [1.807, 2.05) is 30.3 Å². The lowest BCUT2D eigenvalue weighted by atomic mass is 10.1. The Morgan fingerprint density at radius 3 is 2.46 bits per heavy atom. The van der Waals surface area contributed by atoms with E-state index >= 15 is 0 Å². The largest absolute Gasteiger partial charge is 0.462 e. The Balaban J connectivity index is 1.62. The Morgan fingerprint density at radius 1 is 1.12 bits per heavy atom. The lowest BCUT2D eigenvalue weighted by Crippen LogP contribution is -2.28. The van der Waals surface area contributed by atoms with Crippen molar-refractivity contribution < 1.29 is 19.1 Å². The zero-order valence-corrected chi connectivity index (χ0v) is 14.5. The number of hydrogen-bond donors (Lipinski definition) is 1. The van der Waals surface area contributed by atoms with Crippen LogP contribution in [0.2, 0.25) is 0 Å². The lowest BCUT2D eigenvalue weighted by Gasteiger charge is -2.16. The van der Waals surface area contributed by atoms with E-state index in [4.69, 9.17) is 4.74 Å². The number of amides is 2. The minimum Gasteiger partial charge on any atom is -0.462 e. The second kappa shape index (κ2) is 7.82. The molecule has 0 saturated carbocycles. The SMILES string of the molecule is CCOC(=O)c1ccc(NC(=O)C2CC(=O)N(c3ccccc3)C2)cc1. The Morgan fingerprint density at radius 2 is 1.81 bits per heavy atom. The first-order valence-corrected chi connectivity index (χ1v) is 8.52. The second-order valence-corrected chi connectivity index (χ2v) is 6.03. The Bertz CT molecular complexity index is 802. The molecular weight excluding hydrogens is 332 g/mol. The normalized spacial score (nSPS) is 16.4. The number of nitrogens with one attached hydrogen (secondary N) is 1. The number of rotatable bonds is 5. The number of para-hydroxylation sites is 1. The summed E-state index contributed by atoms with van der Waals surface area (Å²) < 4.78 is 4.93. The van der Waals surface area contributed by atoms with Gasteiger partial charge in [-0.1, -0.05) is 18.2 Å². The molecule has 1 fully saturated rings. The Labute approximate surface area is 151 Å². The number of esters is 1. The molecule has 0 spiro atoms. The van der Waals surface area contributed by atoms with Crippen molar-refractivity contribution in [1.82, 2.24) is 0 Å². The number of ether oxygens (including phenoxy) is 1. The van der Waals surface area contributed by atoms with Crippen LogP contribution in [0.1, 0.15) is 23.7 Å². The van der Waals surface area contributed by atoms with Crippen LogP contribution in [0.25, 0.3) is 0 Å². The van der Waals surface area contributed by atoms with Gasteiger partial charge in [0.25, 0.3) is 0 Å². The van der Waals surface area contributed by atoms with Gasteiger partial charge in [0.15, 0.2) is 0 Å². The predicted octanol–water partition coefficient (Wildman–Crippen LogP) is 2.85. The van der Waals surface area contributed by atoms with Crippen LogP contribution >= 0.6 is 0 Å². The molecule has 6 nitrogen and oxygen atoms in total. The summed E-state index contributed by atoms with van der Waals surface area (Å²) in [4.78, 5) is 38.0. The third kappa shape index (κ3) is 3.91. The topological polar surface area (TPSA) is 75.7 Å². The highest BCUT2D eigenvalue weighted by Gasteiger charge is 2.35. The molecule has 6 heteroatoms. The molecule has 1 unspecified atom stereocenters. The molecule has 2 aromatic carbocycles. The Hall–Kier alpha value is -3.15. The van der Waals surface area contributed by atoms with E-state index in [1.165, 1.54) is 0 Å². The van der Waals surface area contributed by atoms with E-state index in [2.05, 4.69) is 5.32 Å². The van der Waals surface area contributed by atoms with Crippen molar-refractivity contribution >= 4 is 29.2 Å². The van der Waals surface area contributed by atoms with Crippen molar-refractivity contribution in [3.8, 4) is 0 Å². The van der Waals surface area contributed by atoms with E-state index < -0.39 is 11.9 Å². The number of anilines is 2. The fraction of sp³-hybridized carbons (Fsp3) is 0.250. The van der Waals surface area contributed by atoms with Crippen LogP contribution in [0.4, 0.5) is 11.4 Å². The molecule has 1 atom stereocenters. The molecule has 1 aliphatic rings. The van der Waals surface area contributed by atoms with E-state index in [0.717, 1.165) is 5.69 Å². The minimum absolute atomic E-state index is 0.0611. The van der Waals surface area contributed by atoms with Gasteiger partial charge in [0, 0.05) is 24.3 Å². The molecule has 2 amide bonds. The first-order valence-electron chi connectivity index (χ1n) is 8.52. The van der Waals surface area contributed by atoms with Crippen LogP contribution in [-0.4, -0.2) is 30.9 Å². The molecule has 0 aliphatic carbocycles. The van der Waals surface area contributed by atoms with Crippen molar-refractivity contribution in [3.05, 3.63) is 60.2 Å². The first kappa shape index (κ1) is 17.7. The summed E-state index contributed by atoms with van der Waals surface area (Å²) in [7, 11) is 0. The number of hydrogen-bond acceptors (Lipinski definition) is 4. The lowest BCUT2D eigenvalue weighted by molar-refractivity contribution is -0.122. The van der Waals surface area contributed by atoms with Crippen LogP contribution in [0, 0.1) is 5.92 Å². The van der Waals surface area contributed by atoms with Gasteiger partial charge in [-0.25, -0.2) is 4.79 Å². The zero-order chi connectivity index (χ0) is 18.5. The van der Waals surface area contributed by atoms with Gasteiger partial charge in [-0.15, -0.1) is 0 Å². The standard InChI is InChI=1S/C20H20N2O4/c1-2-26-20(25)14-8-10-16(11-9-14)21-19(24)15-12-18(23)22(13-15)17-6-4-3-5-7-17/h3-11,15H,2,12-13H2,1H3,(H,21,24). The maximum Gasteiger partial charge on any atom is 0.338 e. The van der Waals surface area contributed by atoms with E-state index in [-0.39, 0.29) is 18.2 Å². The highest BCUT2D eigenvalue weighted by atomic mass is 16.5. The van der Waals surface area contributed by atoms with Crippen molar-refractivity contribution in [2.45, 2.75) is 13.3 Å². The number of benzene rings is 2. The van der Waals surface area contributed by atoms with Gasteiger partial charge in [-0.3, -0.25) is 9.59 Å². The molecule has 3 rings (SSSR count). The fourth-order valence-electron chi connectivity index (χ4n) is 2.89. The van der Waals surface area contributed by atoms with Crippen LogP contribution in [0.15, 0.2) is 54.6 Å². The number of carbonyl (C=O) groups excluding carboxylic acids is 3. The molecule has 134 valence electrons. The van der Waals surface area contributed by atoms with Crippen molar-refractivity contribution in [3.63, 3.8) is 0 Å². The van der Waals surface area contributed by atoms with Gasteiger partial charge in [-0.05, 0) is 43.3 Å². The van der Waals surface area contributed by atoms with E-state index in [1.54, 1.807) is 36.1 Å². The maximum atomic E-state index is 12.5. The molecular formula is C20H20N2O4. The van der Waals surface area contributed by atoms with Gasteiger partial charge in [-0.2, -0.15) is 0 Å². The third-order valence-electron chi connectivity index (χ3n) is 4.23. The van der Waals surface area contributed by atoms with Crippen molar-refractivity contribution in [2.75, 3.05) is 23.4 Å². The number of nitrogens with zero attached hydrogens (tertiary/aromatic N) is 1. The molecule has 1 N–H and O–H groups in total. The van der Waals surface area contributed by atoms with Crippen molar-refractivity contribution in [2.24, 2.45) is 5.92 Å². The molecule has 2 aromatic rings. The van der Waals surface area contributed by atoms with Crippen molar-refractivity contribution in [1.29, 1.82) is 0 Å². The molecule has 1 heterocycles.